The van der Waals surface area contributed by atoms with Crippen LogP contribution in [0.5, 0.6) is 0 Å². The summed E-state index contributed by atoms with van der Waals surface area (Å²) >= 11 is 0. The lowest BCUT2D eigenvalue weighted by molar-refractivity contribution is -0.135. The highest BCUT2D eigenvalue weighted by molar-refractivity contribution is 5.79. The molecule has 3 nitrogen and oxygen atoms in total. The van der Waals surface area contributed by atoms with Gasteiger partial charge in [0, 0.05) is 19.0 Å². The van der Waals surface area contributed by atoms with E-state index in [1.165, 1.54) is 11.1 Å². The fourth-order valence-corrected chi connectivity index (χ4v) is 3.67. The second kappa shape index (κ2) is 5.96. The number of carbonyl (C=O) groups is 1. The van der Waals surface area contributed by atoms with Gasteiger partial charge in [0.05, 0.1) is 0 Å². The van der Waals surface area contributed by atoms with Crippen LogP contribution < -0.4 is 5.73 Å². The third-order valence-electron chi connectivity index (χ3n) is 4.87. The SMILES string of the molecule is NCCC1CCN(C(=O)C2CCc3ccccc3C2)C1. The van der Waals surface area contributed by atoms with Crippen molar-refractivity contribution in [3.8, 4) is 0 Å². The number of fused-ring (bicyclic) bond motifs is 1. The second-order valence-electron chi connectivity index (χ2n) is 6.22. The minimum absolute atomic E-state index is 0.196. The van der Waals surface area contributed by atoms with Gasteiger partial charge in [-0.2, -0.15) is 0 Å². The van der Waals surface area contributed by atoms with Crippen molar-refractivity contribution in [1.29, 1.82) is 0 Å². The average Bonchev–Trinajstić information content (AvgIpc) is 2.95. The zero-order chi connectivity index (χ0) is 13.9. The van der Waals surface area contributed by atoms with Crippen LogP contribution >= 0.6 is 0 Å². The highest BCUT2D eigenvalue weighted by atomic mass is 16.2. The van der Waals surface area contributed by atoms with E-state index in [0.717, 1.165) is 51.7 Å². The Balaban J connectivity index is 1.62. The lowest BCUT2D eigenvalue weighted by Crippen LogP contribution is -2.37. The molecule has 0 aromatic heterocycles. The van der Waals surface area contributed by atoms with E-state index in [2.05, 4.69) is 29.2 Å². The van der Waals surface area contributed by atoms with Crippen LogP contribution in [0.25, 0.3) is 0 Å². The Kier molecular flexibility index (Phi) is 4.06. The number of nitrogens with zero attached hydrogens (tertiary/aromatic N) is 1. The van der Waals surface area contributed by atoms with Crippen LogP contribution in [0.3, 0.4) is 0 Å². The van der Waals surface area contributed by atoms with E-state index >= 15 is 0 Å². The molecular formula is C17H24N2O. The highest BCUT2D eigenvalue weighted by Crippen LogP contribution is 2.29. The Morgan fingerprint density at radius 1 is 1.25 bits per heavy atom. The number of nitrogens with two attached hydrogens (primary N) is 1. The number of rotatable bonds is 3. The van der Waals surface area contributed by atoms with Gasteiger partial charge in [0.1, 0.15) is 0 Å². The Morgan fingerprint density at radius 3 is 2.85 bits per heavy atom. The molecule has 1 saturated heterocycles. The molecule has 1 amide bonds. The van der Waals surface area contributed by atoms with Gasteiger partial charge in [0.2, 0.25) is 5.91 Å². The molecule has 0 saturated carbocycles. The van der Waals surface area contributed by atoms with Crippen LogP contribution in [-0.2, 0) is 17.6 Å². The van der Waals surface area contributed by atoms with Crippen molar-refractivity contribution in [2.24, 2.45) is 17.6 Å². The van der Waals surface area contributed by atoms with Gasteiger partial charge in [-0.05, 0) is 55.7 Å². The Morgan fingerprint density at radius 2 is 2.05 bits per heavy atom. The highest BCUT2D eigenvalue weighted by Gasteiger charge is 2.32. The average molecular weight is 272 g/mol. The molecule has 1 aromatic carbocycles. The summed E-state index contributed by atoms with van der Waals surface area (Å²) in [4.78, 5) is 14.7. The van der Waals surface area contributed by atoms with Crippen LogP contribution in [0.4, 0.5) is 0 Å². The van der Waals surface area contributed by atoms with Crippen LogP contribution in [-0.4, -0.2) is 30.4 Å². The van der Waals surface area contributed by atoms with Crippen molar-refractivity contribution in [3.63, 3.8) is 0 Å². The number of amides is 1. The number of hydrogen-bond donors (Lipinski definition) is 1. The summed E-state index contributed by atoms with van der Waals surface area (Å²) in [5.41, 5.74) is 8.42. The maximum Gasteiger partial charge on any atom is 0.226 e. The fraction of sp³-hybridized carbons (Fsp3) is 0.588. The first-order valence-electron chi connectivity index (χ1n) is 7.83. The van der Waals surface area contributed by atoms with Gasteiger partial charge < -0.3 is 10.6 Å². The van der Waals surface area contributed by atoms with E-state index in [1.54, 1.807) is 0 Å². The summed E-state index contributed by atoms with van der Waals surface area (Å²) in [5.74, 6) is 1.19. The van der Waals surface area contributed by atoms with Crippen LogP contribution in [0.1, 0.15) is 30.4 Å². The van der Waals surface area contributed by atoms with E-state index in [9.17, 15) is 4.79 Å². The minimum atomic E-state index is 0.196. The van der Waals surface area contributed by atoms with Crippen molar-refractivity contribution in [2.45, 2.75) is 32.1 Å². The maximum atomic E-state index is 12.7. The van der Waals surface area contributed by atoms with Gasteiger partial charge in [0.25, 0.3) is 0 Å². The maximum absolute atomic E-state index is 12.7. The van der Waals surface area contributed by atoms with Gasteiger partial charge >= 0.3 is 0 Å². The zero-order valence-corrected chi connectivity index (χ0v) is 12.1. The Bertz CT molecular complexity index is 486. The third-order valence-corrected chi connectivity index (χ3v) is 4.87. The molecule has 0 spiro atoms. The summed E-state index contributed by atoms with van der Waals surface area (Å²) < 4.78 is 0. The molecule has 1 aliphatic heterocycles. The van der Waals surface area contributed by atoms with E-state index < -0.39 is 0 Å². The van der Waals surface area contributed by atoms with Crippen LogP contribution in [0.15, 0.2) is 24.3 Å². The minimum Gasteiger partial charge on any atom is -0.342 e. The van der Waals surface area contributed by atoms with Crippen molar-refractivity contribution in [2.75, 3.05) is 19.6 Å². The normalized spacial score (nSPS) is 25.6. The fourth-order valence-electron chi connectivity index (χ4n) is 3.67. The molecule has 0 bridgehead atoms. The zero-order valence-electron chi connectivity index (χ0n) is 12.1. The molecular weight excluding hydrogens is 248 g/mol. The van der Waals surface area contributed by atoms with E-state index in [4.69, 9.17) is 5.73 Å². The number of likely N-dealkylation sites (tertiary alicyclic amines) is 1. The standard InChI is InChI=1S/C17H24N2O/c18-9-7-13-8-10-19(12-13)17(20)16-6-5-14-3-1-2-4-15(14)11-16/h1-4,13,16H,5-12,18H2. The molecule has 1 aromatic rings. The van der Waals surface area contributed by atoms with E-state index in [0.29, 0.717) is 11.8 Å². The first kappa shape index (κ1) is 13.6. The molecule has 3 rings (SSSR count). The van der Waals surface area contributed by atoms with E-state index in [-0.39, 0.29) is 5.92 Å². The van der Waals surface area contributed by atoms with Crippen molar-refractivity contribution < 1.29 is 4.79 Å². The predicted octanol–water partition coefficient (Wildman–Crippen LogP) is 1.99. The summed E-state index contributed by atoms with van der Waals surface area (Å²) in [6, 6.07) is 8.55. The lowest BCUT2D eigenvalue weighted by Gasteiger charge is -2.28. The smallest absolute Gasteiger partial charge is 0.226 e. The first-order valence-corrected chi connectivity index (χ1v) is 7.83. The number of benzene rings is 1. The summed E-state index contributed by atoms with van der Waals surface area (Å²) in [6.45, 7) is 2.60. The van der Waals surface area contributed by atoms with Gasteiger partial charge in [0.15, 0.2) is 0 Å². The molecule has 2 aliphatic rings. The van der Waals surface area contributed by atoms with Crippen molar-refractivity contribution >= 4 is 5.91 Å². The molecule has 2 atom stereocenters. The van der Waals surface area contributed by atoms with Crippen LogP contribution in [0.2, 0.25) is 0 Å². The molecule has 2 unspecified atom stereocenters. The molecule has 3 heteroatoms. The molecule has 1 fully saturated rings. The quantitative estimate of drug-likeness (QED) is 0.914. The third kappa shape index (κ3) is 2.73. The monoisotopic (exact) mass is 272 g/mol. The van der Waals surface area contributed by atoms with Gasteiger partial charge in [-0.25, -0.2) is 0 Å². The number of hydrogen-bond acceptors (Lipinski definition) is 2. The van der Waals surface area contributed by atoms with Crippen LogP contribution in [0, 0.1) is 11.8 Å². The molecule has 108 valence electrons. The lowest BCUT2D eigenvalue weighted by atomic mass is 9.83. The Labute approximate surface area is 121 Å². The second-order valence-corrected chi connectivity index (χ2v) is 6.22. The molecule has 1 aliphatic carbocycles. The molecule has 0 radical (unpaired) electrons. The molecule has 2 N–H and O–H groups in total. The van der Waals surface area contributed by atoms with E-state index in [1.807, 2.05) is 0 Å². The number of aryl methyl sites for hydroxylation is 1. The van der Waals surface area contributed by atoms with Crippen molar-refractivity contribution in [3.05, 3.63) is 35.4 Å². The Hall–Kier alpha value is -1.35. The predicted molar refractivity (Wildman–Crippen MR) is 80.3 cm³/mol. The van der Waals surface area contributed by atoms with Gasteiger partial charge in [-0.1, -0.05) is 24.3 Å². The van der Waals surface area contributed by atoms with Crippen molar-refractivity contribution in [1.82, 2.24) is 4.90 Å². The first-order chi connectivity index (χ1) is 9.78. The number of carbonyl (C=O) groups excluding carboxylic acids is 1. The molecule has 1 heterocycles. The largest absolute Gasteiger partial charge is 0.342 e. The molecule has 20 heavy (non-hydrogen) atoms. The van der Waals surface area contributed by atoms with Gasteiger partial charge in [-0.15, -0.1) is 0 Å². The topological polar surface area (TPSA) is 46.3 Å². The summed E-state index contributed by atoms with van der Waals surface area (Å²) in [7, 11) is 0. The summed E-state index contributed by atoms with van der Waals surface area (Å²) in [6.07, 6.45) is 5.16. The summed E-state index contributed by atoms with van der Waals surface area (Å²) in [5, 5.41) is 0. The van der Waals surface area contributed by atoms with Gasteiger partial charge in [-0.3, -0.25) is 4.79 Å².